The topological polar surface area (TPSA) is 68.3 Å². The molecule has 0 spiro atoms. The fourth-order valence-corrected chi connectivity index (χ4v) is 5.50. The van der Waals surface area contributed by atoms with Crippen LogP contribution in [0.4, 0.5) is 5.69 Å². The Balaban J connectivity index is 1.48. The molecule has 0 aliphatic carbocycles. The van der Waals surface area contributed by atoms with Crippen molar-refractivity contribution in [3.63, 3.8) is 0 Å². The molecule has 1 fully saturated rings. The second-order valence-electron chi connectivity index (χ2n) is 9.71. The van der Waals surface area contributed by atoms with Gasteiger partial charge in [-0.2, -0.15) is 0 Å². The lowest BCUT2D eigenvalue weighted by atomic mass is 10.2. The number of benzene rings is 2. The molecular weight excluding hydrogens is 555 g/mol. The number of hydrogen-bond acceptors (Lipinski definition) is 7. The molecule has 1 aliphatic heterocycles. The number of ether oxygens (including phenoxy) is 1. The number of likely N-dealkylation sites (N-methyl/N-ethyl adjacent to an activating group) is 1. The van der Waals surface area contributed by atoms with Crippen molar-refractivity contribution in [3.05, 3.63) is 74.9 Å². The highest BCUT2D eigenvalue weighted by molar-refractivity contribution is 7.09. The molecule has 1 aliphatic rings. The van der Waals surface area contributed by atoms with Gasteiger partial charge in [0.15, 0.2) is 5.75 Å². The van der Waals surface area contributed by atoms with Crippen molar-refractivity contribution in [3.8, 4) is 11.5 Å². The molecule has 3 aromatic rings. The van der Waals surface area contributed by atoms with Gasteiger partial charge in [0.25, 0.3) is 0 Å². The summed E-state index contributed by atoms with van der Waals surface area (Å²) in [4.78, 5) is 20.5. The average Bonchev–Trinajstić information content (AvgIpc) is 3.64. The van der Waals surface area contributed by atoms with E-state index >= 15 is 0 Å². The molecule has 7 nitrogen and oxygen atoms in total. The van der Waals surface area contributed by atoms with Crippen molar-refractivity contribution in [2.24, 2.45) is 0 Å². The van der Waals surface area contributed by atoms with Gasteiger partial charge in [-0.05, 0) is 86.3 Å². The minimum Gasteiger partial charge on any atom is -0.455 e. The SMILES string of the molecule is CN(CCc1cccs1)C(=O)CN(CC(O)NCCN1CCCC1)c1cc(Cl)ccc1Oc1ccc(Cl)cc1. The predicted molar refractivity (Wildman–Crippen MR) is 161 cm³/mol. The Morgan fingerprint density at radius 1 is 1.13 bits per heavy atom. The lowest BCUT2D eigenvalue weighted by molar-refractivity contribution is -0.128. The van der Waals surface area contributed by atoms with Crippen LogP contribution in [0.5, 0.6) is 11.5 Å². The number of halogens is 2. The molecule has 2 aromatic carbocycles. The monoisotopic (exact) mass is 590 g/mol. The Hall–Kier alpha value is -2.33. The predicted octanol–water partition coefficient (Wildman–Crippen LogP) is 5.36. The third-order valence-corrected chi connectivity index (χ3v) is 8.15. The molecule has 1 unspecified atom stereocenters. The first kappa shape index (κ1) is 29.6. The third-order valence-electron chi connectivity index (χ3n) is 6.73. The molecule has 2 heterocycles. The fraction of sp³-hybridized carbons (Fsp3) is 0.414. The van der Waals surface area contributed by atoms with Crippen LogP contribution in [0.15, 0.2) is 60.0 Å². The summed E-state index contributed by atoms with van der Waals surface area (Å²) in [6.07, 6.45) is 2.40. The van der Waals surface area contributed by atoms with Crippen LogP contribution in [-0.4, -0.2) is 79.9 Å². The van der Waals surface area contributed by atoms with Crippen LogP contribution in [0.25, 0.3) is 0 Å². The second kappa shape index (κ2) is 14.9. The van der Waals surface area contributed by atoms with E-state index in [1.807, 2.05) is 23.4 Å². The van der Waals surface area contributed by atoms with Crippen molar-refractivity contribution in [1.82, 2.24) is 15.1 Å². The van der Waals surface area contributed by atoms with Gasteiger partial charge in [0.2, 0.25) is 5.91 Å². The maximum Gasteiger partial charge on any atom is 0.241 e. The number of nitrogens with zero attached hydrogens (tertiary/aromatic N) is 3. The molecule has 210 valence electrons. The number of amides is 1. The Labute approximate surface area is 244 Å². The van der Waals surface area contributed by atoms with E-state index < -0.39 is 6.23 Å². The van der Waals surface area contributed by atoms with Gasteiger partial charge in [0, 0.05) is 41.6 Å². The van der Waals surface area contributed by atoms with E-state index in [0.717, 1.165) is 26.1 Å². The van der Waals surface area contributed by atoms with Crippen molar-refractivity contribution in [2.75, 3.05) is 57.8 Å². The summed E-state index contributed by atoms with van der Waals surface area (Å²) >= 11 is 14.1. The molecule has 0 saturated carbocycles. The Morgan fingerprint density at radius 2 is 1.87 bits per heavy atom. The molecule has 4 rings (SSSR count). The van der Waals surface area contributed by atoms with Gasteiger partial charge in [-0.3, -0.25) is 10.1 Å². The smallest absolute Gasteiger partial charge is 0.241 e. The Morgan fingerprint density at radius 3 is 2.59 bits per heavy atom. The number of nitrogens with one attached hydrogen (secondary N) is 1. The number of hydrogen-bond donors (Lipinski definition) is 2. The quantitative estimate of drug-likeness (QED) is 0.246. The molecule has 10 heteroatoms. The number of anilines is 1. The summed E-state index contributed by atoms with van der Waals surface area (Å²) in [5.41, 5.74) is 0.623. The molecule has 1 aromatic heterocycles. The molecule has 2 N–H and O–H groups in total. The number of rotatable bonds is 14. The summed E-state index contributed by atoms with van der Waals surface area (Å²) in [6, 6.07) is 16.4. The molecule has 1 amide bonds. The molecule has 0 bridgehead atoms. The largest absolute Gasteiger partial charge is 0.455 e. The Bertz CT molecular complexity index is 1170. The van der Waals surface area contributed by atoms with Gasteiger partial charge in [-0.25, -0.2) is 0 Å². The maximum atomic E-state index is 13.3. The van der Waals surface area contributed by atoms with Gasteiger partial charge in [0.05, 0.1) is 18.8 Å². The molecular formula is C29H36Cl2N4O3S. The van der Waals surface area contributed by atoms with E-state index in [0.29, 0.717) is 40.3 Å². The zero-order valence-corrected chi connectivity index (χ0v) is 24.5. The number of likely N-dealkylation sites (tertiary alicyclic amines) is 1. The highest BCUT2D eigenvalue weighted by Gasteiger charge is 2.22. The Kier molecular flexibility index (Phi) is 11.3. The van der Waals surface area contributed by atoms with E-state index in [-0.39, 0.29) is 19.0 Å². The summed E-state index contributed by atoms with van der Waals surface area (Å²) in [6.45, 7) is 4.59. The molecule has 39 heavy (non-hydrogen) atoms. The van der Waals surface area contributed by atoms with Crippen LogP contribution in [0.3, 0.4) is 0 Å². The fourth-order valence-electron chi connectivity index (χ4n) is 4.51. The first-order valence-electron chi connectivity index (χ1n) is 13.3. The van der Waals surface area contributed by atoms with Crippen molar-refractivity contribution in [2.45, 2.75) is 25.5 Å². The van der Waals surface area contributed by atoms with E-state index in [4.69, 9.17) is 27.9 Å². The van der Waals surface area contributed by atoms with Crippen molar-refractivity contribution >= 4 is 46.1 Å². The zero-order valence-electron chi connectivity index (χ0n) is 22.2. The summed E-state index contributed by atoms with van der Waals surface area (Å²) in [5, 5.41) is 17.3. The van der Waals surface area contributed by atoms with Gasteiger partial charge < -0.3 is 24.5 Å². The van der Waals surface area contributed by atoms with Crippen molar-refractivity contribution < 1.29 is 14.6 Å². The van der Waals surface area contributed by atoms with Gasteiger partial charge in [-0.1, -0.05) is 29.3 Å². The van der Waals surface area contributed by atoms with Gasteiger partial charge in [-0.15, -0.1) is 11.3 Å². The lowest BCUT2D eigenvalue weighted by Gasteiger charge is -2.30. The first-order chi connectivity index (χ1) is 18.9. The normalized spacial score (nSPS) is 14.4. The highest BCUT2D eigenvalue weighted by Crippen LogP contribution is 2.35. The molecule has 1 atom stereocenters. The summed E-state index contributed by atoms with van der Waals surface area (Å²) in [5.74, 6) is 1.07. The average molecular weight is 592 g/mol. The number of carbonyl (C=O) groups is 1. The van der Waals surface area contributed by atoms with Gasteiger partial charge >= 0.3 is 0 Å². The summed E-state index contributed by atoms with van der Waals surface area (Å²) in [7, 11) is 1.81. The van der Waals surface area contributed by atoms with E-state index in [2.05, 4.69) is 16.3 Å². The summed E-state index contributed by atoms with van der Waals surface area (Å²) < 4.78 is 6.18. The second-order valence-corrected chi connectivity index (χ2v) is 11.6. The van der Waals surface area contributed by atoms with Crippen LogP contribution >= 0.6 is 34.5 Å². The van der Waals surface area contributed by atoms with E-state index in [1.165, 1.54) is 17.7 Å². The minimum atomic E-state index is -0.848. The van der Waals surface area contributed by atoms with Crippen LogP contribution in [-0.2, 0) is 11.2 Å². The van der Waals surface area contributed by atoms with Crippen LogP contribution in [0.1, 0.15) is 17.7 Å². The number of aliphatic hydroxyl groups excluding tert-OH is 1. The minimum absolute atomic E-state index is 0.0587. The molecule has 0 radical (unpaired) electrons. The number of aliphatic hydroxyl groups is 1. The third kappa shape index (κ3) is 9.38. The van der Waals surface area contributed by atoms with E-state index in [9.17, 15) is 9.90 Å². The van der Waals surface area contributed by atoms with Crippen LogP contribution in [0.2, 0.25) is 10.0 Å². The first-order valence-corrected chi connectivity index (χ1v) is 14.9. The van der Waals surface area contributed by atoms with Crippen LogP contribution in [0, 0.1) is 0 Å². The molecule has 1 saturated heterocycles. The van der Waals surface area contributed by atoms with E-state index in [1.54, 1.807) is 58.7 Å². The standard InChI is InChI=1S/C29H36Cl2N4O3S/c1-33(16-12-25-5-4-18-39-25)29(37)21-35(20-28(36)32-13-17-34-14-2-3-15-34)26-19-23(31)8-11-27(26)38-24-9-6-22(30)7-10-24/h4-11,18-19,28,32,36H,2-3,12-17,20-21H2,1H3. The highest BCUT2D eigenvalue weighted by atomic mass is 35.5. The van der Waals surface area contributed by atoms with Crippen LogP contribution < -0.4 is 15.0 Å². The van der Waals surface area contributed by atoms with Crippen molar-refractivity contribution in [1.29, 1.82) is 0 Å². The zero-order chi connectivity index (χ0) is 27.6. The number of thiophene rings is 1. The van der Waals surface area contributed by atoms with Gasteiger partial charge in [0.1, 0.15) is 12.0 Å². The number of carbonyl (C=O) groups excluding carboxylic acids is 1. The lowest BCUT2D eigenvalue weighted by Crippen LogP contribution is -2.47. The maximum absolute atomic E-state index is 13.3.